The fourth-order valence-electron chi connectivity index (χ4n) is 2.75. The van der Waals surface area contributed by atoms with E-state index >= 15 is 0 Å². The van der Waals surface area contributed by atoms with Crippen LogP contribution in [0.4, 0.5) is 0 Å². The average Bonchev–Trinajstić information content (AvgIpc) is 2.75. The predicted octanol–water partition coefficient (Wildman–Crippen LogP) is -2.24. The minimum atomic E-state index is -1.29. The molecule has 5 atom stereocenters. The van der Waals surface area contributed by atoms with E-state index in [1.165, 1.54) is 13.8 Å². The third-order valence-electron chi connectivity index (χ3n) is 4.78. The Labute approximate surface area is 191 Å². The third-order valence-corrected chi connectivity index (χ3v) is 4.78. The molecule has 0 bridgehead atoms. The summed E-state index contributed by atoms with van der Waals surface area (Å²) in [6.07, 6.45) is -1.56. The lowest BCUT2D eigenvalue weighted by Crippen LogP contribution is -2.58. The van der Waals surface area contributed by atoms with E-state index in [1.54, 1.807) is 30.3 Å². The molecule has 12 nitrogen and oxygen atoms in total. The topological polar surface area (TPSA) is 214 Å². The van der Waals surface area contributed by atoms with E-state index < -0.39 is 59.9 Å². The molecule has 0 saturated carbocycles. The summed E-state index contributed by atoms with van der Waals surface area (Å²) in [6.45, 7) is 2.56. The standard InChI is InChI=1S/C21H31N5O7/c1-11(21(32)33)24-18(29)14(8-9-16(22)28)25-19(30)15(10-13-6-4-3-5-7-13)26-20(31)17(23)12(2)27/h3-7,11-12,14-15,17,27H,8-10,23H2,1-2H3,(H2,22,28)(H,24,29)(H,25,30)(H,26,31)(H,32,33). The Morgan fingerprint density at radius 3 is 1.97 bits per heavy atom. The van der Waals surface area contributed by atoms with Crippen molar-refractivity contribution in [1.29, 1.82) is 0 Å². The number of rotatable bonds is 13. The Kier molecular flexibility index (Phi) is 11.0. The lowest BCUT2D eigenvalue weighted by molar-refractivity contribution is -0.142. The summed E-state index contributed by atoms with van der Waals surface area (Å²) < 4.78 is 0. The first-order chi connectivity index (χ1) is 15.4. The Morgan fingerprint density at radius 1 is 0.909 bits per heavy atom. The Bertz CT molecular complexity index is 847. The van der Waals surface area contributed by atoms with Crippen LogP contribution in [-0.2, 0) is 30.4 Å². The van der Waals surface area contributed by atoms with Crippen molar-refractivity contribution in [3.8, 4) is 0 Å². The van der Waals surface area contributed by atoms with Crippen molar-refractivity contribution >= 4 is 29.6 Å². The number of nitrogens with one attached hydrogen (secondary N) is 3. The van der Waals surface area contributed by atoms with E-state index in [0.29, 0.717) is 5.56 Å². The van der Waals surface area contributed by atoms with Gasteiger partial charge in [0.1, 0.15) is 24.2 Å². The largest absolute Gasteiger partial charge is 0.480 e. The van der Waals surface area contributed by atoms with E-state index in [1.807, 2.05) is 0 Å². The molecule has 12 heteroatoms. The number of hydrogen-bond acceptors (Lipinski definition) is 7. The van der Waals surface area contributed by atoms with Gasteiger partial charge in [0.15, 0.2) is 0 Å². The molecular weight excluding hydrogens is 434 g/mol. The summed E-state index contributed by atoms with van der Waals surface area (Å²) in [4.78, 5) is 60.1. The number of benzene rings is 1. The number of nitrogens with two attached hydrogens (primary N) is 2. The lowest BCUT2D eigenvalue weighted by atomic mass is 10.0. The molecule has 0 saturated heterocycles. The summed E-state index contributed by atoms with van der Waals surface area (Å²) >= 11 is 0. The van der Waals surface area contributed by atoms with Crippen molar-refractivity contribution in [2.75, 3.05) is 0 Å². The molecule has 0 radical (unpaired) electrons. The second kappa shape index (κ2) is 13.1. The first kappa shape index (κ1) is 27.5. The number of carboxylic acids is 1. The number of carbonyl (C=O) groups is 5. The molecule has 1 rings (SSSR count). The molecule has 1 aromatic rings. The Morgan fingerprint density at radius 2 is 1.45 bits per heavy atom. The molecule has 0 aliphatic heterocycles. The quantitative estimate of drug-likeness (QED) is 0.169. The van der Waals surface area contributed by atoms with Gasteiger partial charge in [-0.1, -0.05) is 30.3 Å². The molecule has 33 heavy (non-hydrogen) atoms. The van der Waals surface area contributed by atoms with Crippen LogP contribution in [0.2, 0.25) is 0 Å². The number of hydrogen-bond donors (Lipinski definition) is 7. The lowest BCUT2D eigenvalue weighted by Gasteiger charge is -2.25. The first-order valence-electron chi connectivity index (χ1n) is 10.3. The van der Waals surface area contributed by atoms with Gasteiger partial charge in [0.2, 0.25) is 23.6 Å². The maximum atomic E-state index is 13.0. The van der Waals surface area contributed by atoms with Gasteiger partial charge in [-0.2, -0.15) is 0 Å². The summed E-state index contributed by atoms with van der Waals surface area (Å²) in [5, 5.41) is 25.7. The van der Waals surface area contributed by atoms with Crippen LogP contribution in [0.25, 0.3) is 0 Å². The number of aliphatic carboxylic acids is 1. The van der Waals surface area contributed by atoms with Gasteiger partial charge in [-0.05, 0) is 25.8 Å². The highest BCUT2D eigenvalue weighted by Crippen LogP contribution is 2.06. The maximum absolute atomic E-state index is 13.0. The Balaban J connectivity index is 3.07. The van der Waals surface area contributed by atoms with Crippen LogP contribution in [0.5, 0.6) is 0 Å². The maximum Gasteiger partial charge on any atom is 0.325 e. The molecule has 9 N–H and O–H groups in total. The second-order valence-corrected chi connectivity index (χ2v) is 7.65. The molecule has 0 aromatic heterocycles. The molecule has 0 aliphatic rings. The highest BCUT2D eigenvalue weighted by Gasteiger charge is 2.30. The van der Waals surface area contributed by atoms with Crippen LogP contribution >= 0.6 is 0 Å². The minimum absolute atomic E-state index is 0.0423. The highest BCUT2D eigenvalue weighted by molar-refractivity contribution is 5.94. The number of aliphatic hydroxyl groups is 1. The zero-order valence-corrected chi connectivity index (χ0v) is 18.5. The van der Waals surface area contributed by atoms with Crippen LogP contribution in [0.15, 0.2) is 30.3 Å². The molecule has 5 unspecified atom stereocenters. The van der Waals surface area contributed by atoms with Gasteiger partial charge in [0, 0.05) is 12.8 Å². The Hall–Kier alpha value is -3.51. The van der Waals surface area contributed by atoms with E-state index in [9.17, 15) is 29.1 Å². The summed E-state index contributed by atoms with van der Waals surface area (Å²) in [7, 11) is 0. The van der Waals surface area contributed by atoms with Crippen molar-refractivity contribution < 1.29 is 34.2 Å². The monoisotopic (exact) mass is 465 g/mol. The summed E-state index contributed by atoms with van der Waals surface area (Å²) in [6, 6.07) is 3.72. The first-order valence-corrected chi connectivity index (χ1v) is 10.3. The van der Waals surface area contributed by atoms with Crippen molar-refractivity contribution in [3.63, 3.8) is 0 Å². The van der Waals surface area contributed by atoms with Crippen molar-refractivity contribution in [1.82, 2.24) is 16.0 Å². The van der Waals surface area contributed by atoms with Crippen LogP contribution in [0, 0.1) is 0 Å². The number of amides is 4. The van der Waals surface area contributed by atoms with E-state index in [0.717, 1.165) is 0 Å². The molecule has 0 heterocycles. The number of aliphatic hydroxyl groups excluding tert-OH is 1. The third kappa shape index (κ3) is 9.66. The number of primary amides is 1. The van der Waals surface area contributed by atoms with E-state index in [4.69, 9.17) is 16.6 Å². The second-order valence-electron chi connectivity index (χ2n) is 7.65. The molecule has 0 fully saturated rings. The summed E-state index contributed by atoms with van der Waals surface area (Å²) in [5.41, 5.74) is 11.5. The van der Waals surface area contributed by atoms with E-state index in [2.05, 4.69) is 16.0 Å². The van der Waals surface area contributed by atoms with Gasteiger partial charge < -0.3 is 37.6 Å². The summed E-state index contributed by atoms with van der Waals surface area (Å²) in [5.74, 6) is -4.38. The number of carbonyl (C=O) groups excluding carboxylic acids is 4. The van der Waals surface area contributed by atoms with Crippen LogP contribution in [-0.4, -0.2) is 70.1 Å². The van der Waals surface area contributed by atoms with Gasteiger partial charge in [-0.15, -0.1) is 0 Å². The van der Waals surface area contributed by atoms with Crippen molar-refractivity contribution in [2.24, 2.45) is 11.5 Å². The van der Waals surface area contributed by atoms with Gasteiger partial charge in [0.05, 0.1) is 6.10 Å². The zero-order valence-electron chi connectivity index (χ0n) is 18.5. The zero-order chi connectivity index (χ0) is 25.1. The van der Waals surface area contributed by atoms with Gasteiger partial charge in [-0.3, -0.25) is 24.0 Å². The van der Waals surface area contributed by atoms with Crippen molar-refractivity contribution in [2.45, 2.75) is 63.4 Å². The number of carboxylic acid groups (broad SMARTS) is 1. The van der Waals surface area contributed by atoms with Crippen LogP contribution in [0.1, 0.15) is 32.3 Å². The SMILES string of the molecule is CC(NC(=O)C(CCC(N)=O)NC(=O)C(Cc1ccccc1)NC(=O)C(N)C(C)O)C(=O)O. The van der Waals surface area contributed by atoms with Gasteiger partial charge >= 0.3 is 5.97 Å². The highest BCUT2D eigenvalue weighted by atomic mass is 16.4. The van der Waals surface area contributed by atoms with Gasteiger partial charge in [0.25, 0.3) is 0 Å². The average molecular weight is 466 g/mol. The smallest absolute Gasteiger partial charge is 0.325 e. The normalized spacial score (nSPS) is 15.3. The van der Waals surface area contributed by atoms with Gasteiger partial charge in [-0.25, -0.2) is 0 Å². The molecular formula is C21H31N5O7. The molecule has 0 spiro atoms. The van der Waals surface area contributed by atoms with Crippen LogP contribution < -0.4 is 27.4 Å². The fraction of sp³-hybridized carbons (Fsp3) is 0.476. The molecule has 0 aliphatic carbocycles. The molecule has 4 amide bonds. The van der Waals surface area contributed by atoms with Crippen LogP contribution in [0.3, 0.4) is 0 Å². The predicted molar refractivity (Wildman–Crippen MR) is 117 cm³/mol. The molecule has 1 aromatic carbocycles. The molecule has 182 valence electrons. The van der Waals surface area contributed by atoms with E-state index in [-0.39, 0.29) is 19.3 Å². The van der Waals surface area contributed by atoms with Crippen molar-refractivity contribution in [3.05, 3.63) is 35.9 Å². The fourth-order valence-corrected chi connectivity index (χ4v) is 2.75. The minimum Gasteiger partial charge on any atom is -0.480 e.